The van der Waals surface area contributed by atoms with Crippen molar-refractivity contribution in [1.82, 2.24) is 15.1 Å². The van der Waals surface area contributed by atoms with Crippen LogP contribution in [0.15, 0.2) is 41.3 Å². The van der Waals surface area contributed by atoms with E-state index in [1.807, 2.05) is 24.7 Å². The molecule has 4 heteroatoms. The van der Waals surface area contributed by atoms with Gasteiger partial charge in [-0.1, -0.05) is 13.2 Å². The van der Waals surface area contributed by atoms with Crippen LogP contribution in [0.5, 0.6) is 0 Å². The fraction of sp³-hybridized carbons (Fsp3) is 0.333. The number of hydrogen-bond acceptors (Lipinski definition) is 3. The molecule has 1 aliphatic heterocycles. The second-order valence-corrected chi connectivity index (χ2v) is 5.15. The Kier molecular flexibility index (Phi) is 2.66. The number of hydrogen-bond donors (Lipinski definition) is 1. The first-order valence-corrected chi connectivity index (χ1v) is 6.56. The molecule has 1 aromatic heterocycles. The molecule has 0 radical (unpaired) electrons. The molecule has 1 N–H and O–H groups in total. The molecular formula is C15H18N4. The molecule has 19 heavy (non-hydrogen) atoms. The lowest BCUT2D eigenvalue weighted by molar-refractivity contribution is 0.834. The summed E-state index contributed by atoms with van der Waals surface area (Å²) < 4.78 is 1.83. The topological polar surface area (TPSA) is 42.2 Å². The minimum atomic E-state index is 0.746. The van der Waals surface area contributed by atoms with Crippen LogP contribution in [0.2, 0.25) is 0 Å². The maximum absolute atomic E-state index is 4.69. The van der Waals surface area contributed by atoms with E-state index < -0.39 is 0 Å². The van der Waals surface area contributed by atoms with E-state index in [1.54, 1.807) is 0 Å². The third kappa shape index (κ3) is 1.84. The average molecular weight is 254 g/mol. The van der Waals surface area contributed by atoms with Crippen LogP contribution in [-0.2, 0) is 0 Å². The summed E-state index contributed by atoms with van der Waals surface area (Å²) in [5, 5.41) is 7.67. The number of nitrogens with zero attached hydrogens (tertiary/aromatic N) is 3. The number of aliphatic imine (C=N–C) groups is 1. The van der Waals surface area contributed by atoms with E-state index in [1.165, 1.54) is 5.57 Å². The van der Waals surface area contributed by atoms with Crippen molar-refractivity contribution in [3.05, 3.63) is 47.6 Å². The molecule has 0 saturated heterocycles. The van der Waals surface area contributed by atoms with Gasteiger partial charge >= 0.3 is 0 Å². The lowest BCUT2D eigenvalue weighted by Crippen LogP contribution is -2.34. The first-order valence-electron chi connectivity index (χ1n) is 6.56. The zero-order valence-corrected chi connectivity index (χ0v) is 11.5. The van der Waals surface area contributed by atoms with Crippen molar-refractivity contribution in [1.29, 1.82) is 0 Å². The Morgan fingerprint density at radius 2 is 2.21 bits per heavy atom. The highest BCUT2D eigenvalue weighted by molar-refractivity contribution is 5.88. The first kappa shape index (κ1) is 12.0. The van der Waals surface area contributed by atoms with E-state index in [9.17, 15) is 0 Å². The lowest BCUT2D eigenvalue weighted by Gasteiger charge is -2.19. The van der Waals surface area contributed by atoms with Crippen LogP contribution in [0, 0.1) is 6.92 Å². The summed E-state index contributed by atoms with van der Waals surface area (Å²) in [4.78, 5) is 4.69. The Hall–Kier alpha value is -2.10. The molecule has 3 rings (SSSR count). The molecule has 0 unspecified atom stereocenters. The van der Waals surface area contributed by atoms with Gasteiger partial charge in [0.05, 0.1) is 11.9 Å². The van der Waals surface area contributed by atoms with Gasteiger partial charge in [0, 0.05) is 17.0 Å². The van der Waals surface area contributed by atoms with Crippen LogP contribution in [-0.4, -0.2) is 15.7 Å². The first-order chi connectivity index (χ1) is 9.08. The zero-order chi connectivity index (χ0) is 13.6. The highest BCUT2D eigenvalue weighted by Gasteiger charge is 2.24. The largest absolute Gasteiger partial charge is 0.324 e. The Morgan fingerprint density at radius 1 is 1.42 bits per heavy atom. The van der Waals surface area contributed by atoms with Gasteiger partial charge in [0.15, 0.2) is 0 Å². The van der Waals surface area contributed by atoms with Crippen LogP contribution in [0.1, 0.15) is 37.4 Å². The fourth-order valence-electron chi connectivity index (χ4n) is 2.68. The standard InChI is InChI=1S/C15H18N4/c1-9(2)13-8-16-19(11(13)4)15-17-10(3)12-6-5-7-14(12)18-15/h8H,1,3,5-7H2,2,4H3,(H,17,18). The molecule has 0 atom stereocenters. The van der Waals surface area contributed by atoms with Gasteiger partial charge in [-0.2, -0.15) is 5.10 Å². The van der Waals surface area contributed by atoms with E-state index in [0.717, 1.165) is 53.4 Å². The minimum Gasteiger partial charge on any atom is -0.324 e. The van der Waals surface area contributed by atoms with Crippen LogP contribution < -0.4 is 5.32 Å². The van der Waals surface area contributed by atoms with Gasteiger partial charge in [-0.15, -0.1) is 0 Å². The SMILES string of the molecule is C=C1NC(n2ncc(C(=C)C)c2C)=NC2=C1CCC2. The van der Waals surface area contributed by atoms with Gasteiger partial charge in [-0.25, -0.2) is 9.67 Å². The Bertz CT molecular complexity index is 643. The minimum absolute atomic E-state index is 0.746. The van der Waals surface area contributed by atoms with Gasteiger partial charge in [0.2, 0.25) is 5.96 Å². The molecule has 0 amide bonds. The number of allylic oxidation sites excluding steroid dienone is 3. The summed E-state index contributed by atoms with van der Waals surface area (Å²) in [5.41, 5.74) is 6.53. The Morgan fingerprint density at radius 3 is 2.89 bits per heavy atom. The lowest BCUT2D eigenvalue weighted by atomic mass is 10.1. The van der Waals surface area contributed by atoms with E-state index in [-0.39, 0.29) is 0 Å². The number of rotatable bonds is 1. The second kappa shape index (κ2) is 4.23. The molecule has 0 saturated carbocycles. The summed E-state index contributed by atoms with van der Waals surface area (Å²) in [5.74, 6) is 0.746. The summed E-state index contributed by atoms with van der Waals surface area (Å²) in [6, 6.07) is 0. The number of aromatic nitrogens is 2. The van der Waals surface area contributed by atoms with Crippen LogP contribution in [0.25, 0.3) is 5.57 Å². The molecule has 0 aromatic carbocycles. The van der Waals surface area contributed by atoms with Crippen LogP contribution >= 0.6 is 0 Å². The van der Waals surface area contributed by atoms with Crippen molar-refractivity contribution in [3.63, 3.8) is 0 Å². The Labute approximate surface area is 113 Å². The Balaban J connectivity index is 2.04. The summed E-state index contributed by atoms with van der Waals surface area (Å²) >= 11 is 0. The highest BCUT2D eigenvalue weighted by atomic mass is 15.4. The predicted octanol–water partition coefficient (Wildman–Crippen LogP) is 2.98. The maximum atomic E-state index is 4.69. The van der Waals surface area contributed by atoms with E-state index >= 15 is 0 Å². The van der Waals surface area contributed by atoms with Crippen molar-refractivity contribution in [3.8, 4) is 0 Å². The average Bonchev–Trinajstić information content (AvgIpc) is 2.94. The third-order valence-electron chi connectivity index (χ3n) is 3.73. The molecule has 0 fully saturated rings. The molecule has 1 aromatic rings. The van der Waals surface area contributed by atoms with Gasteiger partial charge in [-0.3, -0.25) is 0 Å². The smallest absolute Gasteiger partial charge is 0.228 e. The van der Waals surface area contributed by atoms with Gasteiger partial charge < -0.3 is 5.32 Å². The maximum Gasteiger partial charge on any atom is 0.228 e. The molecule has 0 spiro atoms. The molecular weight excluding hydrogens is 236 g/mol. The van der Waals surface area contributed by atoms with Crippen LogP contribution in [0.4, 0.5) is 0 Å². The quantitative estimate of drug-likeness (QED) is 0.837. The third-order valence-corrected chi connectivity index (χ3v) is 3.73. The van der Waals surface area contributed by atoms with E-state index in [2.05, 4.69) is 23.6 Å². The van der Waals surface area contributed by atoms with Gasteiger partial charge in [-0.05, 0) is 44.3 Å². The molecule has 98 valence electrons. The summed E-state index contributed by atoms with van der Waals surface area (Å²) in [7, 11) is 0. The van der Waals surface area contributed by atoms with Crippen molar-refractivity contribution < 1.29 is 0 Å². The fourth-order valence-corrected chi connectivity index (χ4v) is 2.68. The molecule has 0 bridgehead atoms. The molecule has 1 aliphatic carbocycles. The van der Waals surface area contributed by atoms with Crippen molar-refractivity contribution in [2.24, 2.45) is 4.99 Å². The molecule has 2 aliphatic rings. The zero-order valence-electron chi connectivity index (χ0n) is 11.5. The van der Waals surface area contributed by atoms with E-state index in [0.29, 0.717) is 0 Å². The summed E-state index contributed by atoms with van der Waals surface area (Å²) in [6.07, 6.45) is 5.11. The molecule has 2 heterocycles. The van der Waals surface area contributed by atoms with Crippen molar-refractivity contribution >= 4 is 11.5 Å². The van der Waals surface area contributed by atoms with E-state index in [4.69, 9.17) is 4.99 Å². The number of nitrogens with one attached hydrogen (secondary N) is 1. The normalized spacial score (nSPS) is 18.2. The second-order valence-electron chi connectivity index (χ2n) is 5.15. The van der Waals surface area contributed by atoms with Gasteiger partial charge in [0.1, 0.15) is 0 Å². The molecule has 4 nitrogen and oxygen atoms in total. The monoisotopic (exact) mass is 254 g/mol. The van der Waals surface area contributed by atoms with Crippen molar-refractivity contribution in [2.45, 2.75) is 33.1 Å². The predicted molar refractivity (Wildman–Crippen MR) is 77.7 cm³/mol. The summed E-state index contributed by atoms with van der Waals surface area (Å²) in [6.45, 7) is 12.1. The van der Waals surface area contributed by atoms with Crippen LogP contribution in [0.3, 0.4) is 0 Å². The van der Waals surface area contributed by atoms with Crippen molar-refractivity contribution in [2.75, 3.05) is 0 Å². The highest BCUT2D eigenvalue weighted by Crippen LogP contribution is 2.33. The van der Waals surface area contributed by atoms with Gasteiger partial charge in [0.25, 0.3) is 0 Å².